The molecule has 0 aliphatic carbocycles. The second-order valence-corrected chi connectivity index (χ2v) is 8.17. The number of benzene rings is 1. The van der Waals surface area contributed by atoms with Gasteiger partial charge < -0.3 is 4.90 Å². The van der Waals surface area contributed by atoms with Gasteiger partial charge >= 0.3 is 0 Å². The Morgan fingerprint density at radius 1 is 1.20 bits per heavy atom. The van der Waals surface area contributed by atoms with E-state index in [1.165, 1.54) is 5.56 Å². The van der Waals surface area contributed by atoms with Crippen LogP contribution in [0.4, 0.5) is 0 Å². The molecule has 0 unspecified atom stereocenters. The van der Waals surface area contributed by atoms with Crippen LogP contribution in [0.1, 0.15) is 40.7 Å². The molecule has 130 valence electrons. The van der Waals surface area contributed by atoms with Crippen LogP contribution in [0.3, 0.4) is 0 Å². The Hall–Kier alpha value is -2.14. The second kappa shape index (κ2) is 6.30. The minimum absolute atomic E-state index is 0.170. The van der Waals surface area contributed by atoms with Gasteiger partial charge in [0.15, 0.2) is 0 Å². The quantitative estimate of drug-likeness (QED) is 0.676. The molecule has 0 saturated carbocycles. The SMILES string of the molecule is Cc1cccc(-n2nc(C)c3cc(C(=O)N4CCC(C)CC4)sc32)c1. The first-order valence-electron chi connectivity index (χ1n) is 8.88. The van der Waals surface area contributed by atoms with E-state index in [0.717, 1.165) is 58.3 Å². The van der Waals surface area contributed by atoms with E-state index in [4.69, 9.17) is 0 Å². The summed E-state index contributed by atoms with van der Waals surface area (Å²) in [7, 11) is 0. The molecule has 0 bridgehead atoms. The summed E-state index contributed by atoms with van der Waals surface area (Å²) in [6.45, 7) is 8.10. The third-order valence-electron chi connectivity index (χ3n) is 5.07. The van der Waals surface area contributed by atoms with Crippen LogP contribution in [-0.4, -0.2) is 33.7 Å². The Bertz CT molecular complexity index is 932. The van der Waals surface area contributed by atoms with Crippen LogP contribution in [0.5, 0.6) is 0 Å². The van der Waals surface area contributed by atoms with Crippen molar-refractivity contribution < 1.29 is 4.79 Å². The highest BCUT2D eigenvalue weighted by Gasteiger charge is 2.24. The average Bonchev–Trinajstić information content (AvgIpc) is 3.16. The van der Waals surface area contributed by atoms with Gasteiger partial charge in [0.1, 0.15) is 4.83 Å². The molecule has 3 heterocycles. The van der Waals surface area contributed by atoms with Gasteiger partial charge in [-0.25, -0.2) is 4.68 Å². The third kappa shape index (κ3) is 2.97. The summed E-state index contributed by atoms with van der Waals surface area (Å²) in [5.74, 6) is 0.895. The number of fused-ring (bicyclic) bond motifs is 1. The van der Waals surface area contributed by atoms with E-state index >= 15 is 0 Å². The maximum atomic E-state index is 12.9. The van der Waals surface area contributed by atoms with E-state index in [2.05, 4.69) is 37.1 Å². The highest BCUT2D eigenvalue weighted by atomic mass is 32.1. The minimum Gasteiger partial charge on any atom is -0.338 e. The number of hydrogen-bond donors (Lipinski definition) is 0. The van der Waals surface area contributed by atoms with Crippen LogP contribution in [-0.2, 0) is 0 Å². The fraction of sp³-hybridized carbons (Fsp3) is 0.400. The van der Waals surface area contributed by atoms with Crippen LogP contribution in [0.25, 0.3) is 15.9 Å². The first-order valence-corrected chi connectivity index (χ1v) is 9.70. The van der Waals surface area contributed by atoms with Gasteiger partial charge in [-0.1, -0.05) is 19.1 Å². The van der Waals surface area contributed by atoms with Gasteiger partial charge in [0.2, 0.25) is 0 Å². The van der Waals surface area contributed by atoms with Crippen molar-refractivity contribution in [3.63, 3.8) is 0 Å². The molecule has 5 heteroatoms. The summed E-state index contributed by atoms with van der Waals surface area (Å²) in [5.41, 5.74) is 3.22. The minimum atomic E-state index is 0.170. The van der Waals surface area contributed by atoms with Crippen LogP contribution in [0.15, 0.2) is 30.3 Å². The van der Waals surface area contributed by atoms with Gasteiger partial charge in [-0.3, -0.25) is 4.79 Å². The average molecular weight is 353 g/mol. The highest BCUT2D eigenvalue weighted by Crippen LogP contribution is 2.32. The lowest BCUT2D eigenvalue weighted by Gasteiger charge is -2.29. The number of amides is 1. The first kappa shape index (κ1) is 16.3. The smallest absolute Gasteiger partial charge is 0.264 e. The Kier molecular flexibility index (Phi) is 4.12. The highest BCUT2D eigenvalue weighted by molar-refractivity contribution is 7.20. The number of carbonyl (C=O) groups is 1. The Labute approximate surface area is 152 Å². The molecule has 4 nitrogen and oxygen atoms in total. The molecule has 0 atom stereocenters. The number of piperidine rings is 1. The number of nitrogens with zero attached hydrogens (tertiary/aromatic N) is 3. The van der Waals surface area contributed by atoms with E-state index < -0.39 is 0 Å². The van der Waals surface area contributed by atoms with E-state index in [0.29, 0.717) is 0 Å². The van der Waals surface area contributed by atoms with Crippen molar-refractivity contribution in [3.8, 4) is 5.69 Å². The maximum absolute atomic E-state index is 12.9. The Morgan fingerprint density at radius 2 is 1.96 bits per heavy atom. The summed E-state index contributed by atoms with van der Waals surface area (Å²) in [6.07, 6.45) is 2.21. The molecule has 1 aliphatic heterocycles. The zero-order valence-electron chi connectivity index (χ0n) is 15.0. The maximum Gasteiger partial charge on any atom is 0.264 e. The molecule has 1 aromatic carbocycles. The summed E-state index contributed by atoms with van der Waals surface area (Å²) in [6, 6.07) is 10.3. The van der Waals surface area contributed by atoms with Crippen molar-refractivity contribution in [2.24, 2.45) is 5.92 Å². The lowest BCUT2D eigenvalue weighted by atomic mass is 9.99. The lowest BCUT2D eigenvalue weighted by molar-refractivity contribution is 0.0702. The predicted octanol–water partition coefficient (Wildman–Crippen LogP) is 4.58. The van der Waals surface area contributed by atoms with Crippen LogP contribution < -0.4 is 0 Å². The normalized spacial score (nSPS) is 15.9. The summed E-state index contributed by atoms with van der Waals surface area (Å²) < 4.78 is 1.97. The molecule has 1 amide bonds. The zero-order chi connectivity index (χ0) is 17.6. The number of likely N-dealkylation sites (tertiary alicyclic amines) is 1. The van der Waals surface area contributed by atoms with Crippen LogP contribution in [0.2, 0.25) is 0 Å². The predicted molar refractivity (Wildman–Crippen MR) is 103 cm³/mol. The van der Waals surface area contributed by atoms with Gasteiger partial charge in [0.05, 0.1) is 16.3 Å². The van der Waals surface area contributed by atoms with Crippen molar-refractivity contribution in [2.45, 2.75) is 33.6 Å². The fourth-order valence-electron chi connectivity index (χ4n) is 3.45. The van der Waals surface area contributed by atoms with Crippen molar-refractivity contribution in [1.29, 1.82) is 0 Å². The van der Waals surface area contributed by atoms with E-state index in [-0.39, 0.29) is 5.91 Å². The standard InChI is InChI=1S/C20H23N3OS/c1-13-7-9-22(10-8-13)19(24)18-12-17-15(3)21-23(20(17)25-18)16-6-4-5-14(2)11-16/h4-6,11-13H,7-10H2,1-3H3. The molecule has 0 N–H and O–H groups in total. The molecule has 2 aromatic heterocycles. The summed E-state index contributed by atoms with van der Waals surface area (Å²) in [4.78, 5) is 16.8. The lowest BCUT2D eigenvalue weighted by Crippen LogP contribution is -2.37. The number of aryl methyl sites for hydroxylation is 2. The molecule has 1 saturated heterocycles. The zero-order valence-corrected chi connectivity index (χ0v) is 15.8. The van der Waals surface area contributed by atoms with Gasteiger partial charge in [0, 0.05) is 18.5 Å². The van der Waals surface area contributed by atoms with Crippen molar-refractivity contribution in [3.05, 3.63) is 46.5 Å². The molecule has 1 aliphatic rings. The monoisotopic (exact) mass is 353 g/mol. The molecule has 25 heavy (non-hydrogen) atoms. The van der Waals surface area contributed by atoms with Gasteiger partial charge in [-0.15, -0.1) is 11.3 Å². The van der Waals surface area contributed by atoms with E-state index in [9.17, 15) is 4.79 Å². The largest absolute Gasteiger partial charge is 0.338 e. The van der Waals surface area contributed by atoms with Gasteiger partial charge in [0.25, 0.3) is 5.91 Å². The summed E-state index contributed by atoms with van der Waals surface area (Å²) in [5, 5.41) is 5.77. The molecular formula is C20H23N3OS. The topological polar surface area (TPSA) is 38.1 Å². The number of aromatic nitrogens is 2. The van der Waals surface area contributed by atoms with Crippen LogP contribution in [0, 0.1) is 19.8 Å². The van der Waals surface area contributed by atoms with Crippen molar-refractivity contribution in [2.75, 3.05) is 13.1 Å². The summed E-state index contributed by atoms with van der Waals surface area (Å²) >= 11 is 1.56. The van der Waals surface area contributed by atoms with E-state index in [1.807, 2.05) is 28.6 Å². The van der Waals surface area contributed by atoms with Gasteiger partial charge in [-0.05, 0) is 56.4 Å². The third-order valence-corrected chi connectivity index (χ3v) is 6.17. The molecule has 0 spiro atoms. The number of thiophene rings is 1. The number of hydrogen-bond acceptors (Lipinski definition) is 3. The fourth-order valence-corrected chi connectivity index (χ4v) is 4.61. The molecule has 0 radical (unpaired) electrons. The molecule has 3 aromatic rings. The second-order valence-electron chi connectivity index (χ2n) is 7.14. The first-order chi connectivity index (χ1) is 12.0. The molecular weight excluding hydrogens is 330 g/mol. The van der Waals surface area contributed by atoms with Crippen LogP contribution >= 0.6 is 11.3 Å². The number of rotatable bonds is 2. The Morgan fingerprint density at radius 3 is 2.68 bits per heavy atom. The Balaban J connectivity index is 1.71. The number of carbonyl (C=O) groups excluding carboxylic acids is 1. The van der Waals surface area contributed by atoms with Crippen molar-refractivity contribution in [1.82, 2.24) is 14.7 Å². The van der Waals surface area contributed by atoms with Crippen molar-refractivity contribution >= 4 is 27.5 Å². The molecule has 4 rings (SSSR count). The van der Waals surface area contributed by atoms with E-state index in [1.54, 1.807) is 11.3 Å². The molecule has 1 fully saturated rings. The van der Waals surface area contributed by atoms with Gasteiger partial charge in [-0.2, -0.15) is 5.10 Å².